The topological polar surface area (TPSA) is 81.3 Å². The Bertz CT molecular complexity index is 1130. The Balaban J connectivity index is 1.20. The van der Waals surface area contributed by atoms with Gasteiger partial charge in [0, 0.05) is 48.0 Å². The molecule has 0 aromatic carbocycles. The number of piperazine rings is 1. The number of aromatic amines is 1. The summed E-state index contributed by atoms with van der Waals surface area (Å²) >= 11 is 3.15. The summed E-state index contributed by atoms with van der Waals surface area (Å²) in [5, 5.41) is 7.97. The van der Waals surface area contributed by atoms with E-state index in [-0.39, 0.29) is 11.6 Å². The van der Waals surface area contributed by atoms with E-state index < -0.39 is 0 Å². The number of fused-ring (bicyclic) bond motifs is 1. The third kappa shape index (κ3) is 4.46. The van der Waals surface area contributed by atoms with E-state index in [0.717, 1.165) is 34.8 Å². The van der Waals surface area contributed by atoms with Gasteiger partial charge in [-0.3, -0.25) is 9.69 Å². The average molecular weight is 472 g/mol. The van der Waals surface area contributed by atoms with Crippen molar-refractivity contribution < 1.29 is 4.79 Å². The fourth-order valence-electron chi connectivity index (χ4n) is 4.78. The molecule has 2 atom stereocenters. The van der Waals surface area contributed by atoms with Crippen LogP contribution in [-0.4, -0.2) is 58.0 Å². The maximum Gasteiger partial charge on any atom is 0.317 e. The van der Waals surface area contributed by atoms with Gasteiger partial charge in [-0.15, -0.1) is 22.7 Å². The Morgan fingerprint density at radius 2 is 2.03 bits per heavy atom. The zero-order valence-electron chi connectivity index (χ0n) is 18.3. The second-order valence-corrected chi connectivity index (χ2v) is 10.7. The van der Waals surface area contributed by atoms with Crippen molar-refractivity contribution in [2.24, 2.45) is 5.92 Å². The number of urea groups is 1. The molecular weight excluding hydrogens is 442 g/mol. The number of H-pyrrole nitrogens is 1. The highest BCUT2D eigenvalue weighted by Gasteiger charge is 2.27. The minimum Gasteiger partial charge on any atom is -0.335 e. The molecule has 5 rings (SSSR count). The Kier molecular flexibility index (Phi) is 6.30. The molecule has 1 aliphatic heterocycles. The van der Waals surface area contributed by atoms with Gasteiger partial charge in [0.25, 0.3) is 5.56 Å². The number of amides is 2. The number of carbonyl (C=O) groups is 1. The summed E-state index contributed by atoms with van der Waals surface area (Å²) < 4.78 is 0. The van der Waals surface area contributed by atoms with Gasteiger partial charge in [-0.25, -0.2) is 9.78 Å². The number of carbonyl (C=O) groups excluding carboxylic acids is 1. The Morgan fingerprint density at radius 1 is 1.22 bits per heavy atom. The zero-order chi connectivity index (χ0) is 22.1. The first kappa shape index (κ1) is 21.6. The van der Waals surface area contributed by atoms with Crippen LogP contribution in [0.25, 0.3) is 20.7 Å². The lowest BCUT2D eigenvalue weighted by Crippen LogP contribution is -2.54. The molecule has 0 spiro atoms. The van der Waals surface area contributed by atoms with Gasteiger partial charge in [0.2, 0.25) is 0 Å². The molecule has 2 fully saturated rings. The summed E-state index contributed by atoms with van der Waals surface area (Å²) in [7, 11) is 0. The molecule has 3 aromatic rings. The fourth-order valence-corrected chi connectivity index (χ4v) is 6.56. The summed E-state index contributed by atoms with van der Waals surface area (Å²) in [5.41, 5.74) is 0.890. The van der Waals surface area contributed by atoms with E-state index in [1.807, 2.05) is 27.8 Å². The Morgan fingerprint density at radius 3 is 2.78 bits per heavy atom. The normalized spacial score (nSPS) is 22.3. The summed E-state index contributed by atoms with van der Waals surface area (Å²) in [4.78, 5) is 39.3. The molecular formula is C23H29N5O2S2. The van der Waals surface area contributed by atoms with Crippen molar-refractivity contribution in [2.75, 3.05) is 26.2 Å². The quantitative estimate of drug-likeness (QED) is 0.600. The van der Waals surface area contributed by atoms with Gasteiger partial charge in [-0.05, 0) is 30.2 Å². The van der Waals surface area contributed by atoms with Crippen LogP contribution in [0, 0.1) is 5.92 Å². The van der Waals surface area contributed by atoms with Gasteiger partial charge in [-0.1, -0.05) is 25.8 Å². The maximum absolute atomic E-state index is 12.8. The van der Waals surface area contributed by atoms with Crippen molar-refractivity contribution in [1.82, 2.24) is 25.1 Å². The molecule has 170 valence electrons. The number of thiophene rings is 2. The van der Waals surface area contributed by atoms with Gasteiger partial charge >= 0.3 is 6.03 Å². The van der Waals surface area contributed by atoms with Crippen LogP contribution < -0.4 is 10.9 Å². The highest BCUT2D eigenvalue weighted by atomic mass is 32.1. The largest absolute Gasteiger partial charge is 0.335 e. The third-order valence-corrected chi connectivity index (χ3v) is 8.51. The Hall–Kier alpha value is -2.23. The van der Waals surface area contributed by atoms with E-state index >= 15 is 0 Å². The lowest BCUT2D eigenvalue weighted by Gasteiger charge is -2.37. The molecule has 1 aliphatic carbocycles. The highest BCUT2D eigenvalue weighted by molar-refractivity contribution is 7.18. The molecule has 2 N–H and O–H groups in total. The fraction of sp³-hybridized carbons (Fsp3) is 0.522. The van der Waals surface area contributed by atoms with Crippen molar-refractivity contribution >= 4 is 38.9 Å². The molecule has 1 saturated heterocycles. The molecule has 1 saturated carbocycles. The van der Waals surface area contributed by atoms with Gasteiger partial charge in [0.15, 0.2) is 0 Å². The van der Waals surface area contributed by atoms with Crippen LogP contribution in [0.5, 0.6) is 0 Å². The van der Waals surface area contributed by atoms with Gasteiger partial charge in [0.1, 0.15) is 10.7 Å². The number of nitrogens with zero attached hydrogens (tertiary/aromatic N) is 3. The molecule has 9 heteroatoms. The van der Waals surface area contributed by atoms with E-state index in [1.165, 1.54) is 30.6 Å². The van der Waals surface area contributed by atoms with Crippen molar-refractivity contribution in [3.8, 4) is 10.4 Å². The zero-order valence-corrected chi connectivity index (χ0v) is 19.9. The average Bonchev–Trinajstić information content (AvgIpc) is 3.46. The summed E-state index contributed by atoms with van der Waals surface area (Å²) in [6.45, 7) is 5.78. The molecule has 4 heterocycles. The molecule has 0 unspecified atom stereocenters. The van der Waals surface area contributed by atoms with Crippen LogP contribution in [0.4, 0.5) is 4.79 Å². The Labute approximate surface area is 195 Å². The lowest BCUT2D eigenvalue weighted by molar-refractivity contribution is 0.127. The highest BCUT2D eigenvalue weighted by Crippen LogP contribution is 2.33. The molecule has 7 nitrogen and oxygen atoms in total. The monoisotopic (exact) mass is 471 g/mol. The van der Waals surface area contributed by atoms with Crippen molar-refractivity contribution in [3.63, 3.8) is 0 Å². The number of hydrogen-bond donors (Lipinski definition) is 2. The summed E-state index contributed by atoms with van der Waals surface area (Å²) in [6, 6.07) is 4.40. The first-order valence-corrected chi connectivity index (χ1v) is 13.2. The van der Waals surface area contributed by atoms with Crippen molar-refractivity contribution in [3.05, 3.63) is 39.1 Å². The molecule has 0 radical (unpaired) electrons. The lowest BCUT2D eigenvalue weighted by atomic mass is 9.86. The van der Waals surface area contributed by atoms with E-state index in [1.54, 1.807) is 11.3 Å². The van der Waals surface area contributed by atoms with Crippen molar-refractivity contribution in [1.29, 1.82) is 0 Å². The molecule has 2 amide bonds. The van der Waals surface area contributed by atoms with Crippen LogP contribution in [0.1, 0.15) is 38.4 Å². The SMILES string of the molecule is C[C@H]1CCCC[C@@H]1NC(=O)N1CCN(Cc2nc3scc(-c4cccs4)c3c(=O)[nH]2)CC1. The van der Waals surface area contributed by atoms with E-state index in [2.05, 4.69) is 22.1 Å². The minimum absolute atomic E-state index is 0.0658. The number of aromatic nitrogens is 2. The predicted octanol–water partition coefficient (Wildman–Crippen LogP) is 4.12. The second-order valence-electron chi connectivity index (χ2n) is 8.90. The smallest absolute Gasteiger partial charge is 0.317 e. The van der Waals surface area contributed by atoms with Crippen LogP contribution in [0.2, 0.25) is 0 Å². The van der Waals surface area contributed by atoms with Crippen LogP contribution in [0.15, 0.2) is 27.7 Å². The summed E-state index contributed by atoms with van der Waals surface area (Å²) in [6.07, 6.45) is 4.77. The van der Waals surface area contributed by atoms with Crippen LogP contribution in [-0.2, 0) is 6.54 Å². The predicted molar refractivity (Wildman–Crippen MR) is 130 cm³/mol. The maximum atomic E-state index is 12.8. The second kappa shape index (κ2) is 9.33. The van der Waals surface area contributed by atoms with Gasteiger partial charge in [-0.2, -0.15) is 0 Å². The van der Waals surface area contributed by atoms with E-state index in [4.69, 9.17) is 4.98 Å². The molecule has 3 aromatic heterocycles. The third-order valence-electron chi connectivity index (χ3n) is 6.73. The van der Waals surface area contributed by atoms with Gasteiger partial charge in [0.05, 0.1) is 11.9 Å². The molecule has 0 bridgehead atoms. The standard InChI is InChI=1S/C23H29N5O2S2/c1-15-5-2-3-6-17(15)24-23(30)28-10-8-27(9-11-28)13-19-25-21(29)20-16(14-32-22(20)26-19)18-7-4-12-31-18/h4,7,12,14-15,17H,2-3,5-6,8-11,13H2,1H3,(H,24,30)(H,25,26,29)/t15-,17-/m0/s1. The van der Waals surface area contributed by atoms with Crippen LogP contribution in [0.3, 0.4) is 0 Å². The number of hydrogen-bond acceptors (Lipinski definition) is 6. The molecule has 32 heavy (non-hydrogen) atoms. The summed E-state index contributed by atoms with van der Waals surface area (Å²) in [5.74, 6) is 1.25. The van der Waals surface area contributed by atoms with Crippen molar-refractivity contribution in [2.45, 2.75) is 45.2 Å². The van der Waals surface area contributed by atoms with E-state index in [9.17, 15) is 9.59 Å². The number of nitrogens with one attached hydrogen (secondary N) is 2. The van der Waals surface area contributed by atoms with Gasteiger partial charge < -0.3 is 15.2 Å². The first-order valence-electron chi connectivity index (χ1n) is 11.4. The number of rotatable bonds is 4. The molecule has 2 aliphatic rings. The van der Waals surface area contributed by atoms with E-state index in [0.29, 0.717) is 42.8 Å². The van der Waals surface area contributed by atoms with Crippen LogP contribution >= 0.6 is 22.7 Å². The first-order chi connectivity index (χ1) is 15.6. The minimum atomic E-state index is -0.0748.